The molecule has 6 nitrogen and oxygen atoms in total. The smallest absolute Gasteiger partial charge is 0.243 e. The Kier molecular flexibility index (Phi) is 4.16. The zero-order chi connectivity index (χ0) is 16.4. The van der Waals surface area contributed by atoms with E-state index in [2.05, 4.69) is 15.0 Å². The van der Waals surface area contributed by atoms with E-state index in [0.29, 0.717) is 16.3 Å². The molecule has 0 aliphatic carbocycles. The van der Waals surface area contributed by atoms with Gasteiger partial charge in [-0.2, -0.15) is 4.98 Å². The van der Waals surface area contributed by atoms with Crippen LogP contribution >= 0.6 is 22.9 Å². The molecule has 2 aromatic heterocycles. The van der Waals surface area contributed by atoms with E-state index in [0.717, 1.165) is 0 Å². The van der Waals surface area contributed by atoms with Crippen LogP contribution in [0.1, 0.15) is 17.5 Å². The van der Waals surface area contributed by atoms with E-state index < -0.39 is 5.60 Å². The highest BCUT2D eigenvalue weighted by molar-refractivity contribution is 7.09. The van der Waals surface area contributed by atoms with E-state index in [1.54, 1.807) is 37.4 Å². The van der Waals surface area contributed by atoms with Gasteiger partial charge in [-0.25, -0.2) is 9.97 Å². The molecule has 0 radical (unpaired) electrons. The van der Waals surface area contributed by atoms with Crippen LogP contribution in [-0.4, -0.2) is 20.1 Å². The van der Waals surface area contributed by atoms with Gasteiger partial charge >= 0.3 is 0 Å². The molecule has 0 bridgehead atoms. The van der Waals surface area contributed by atoms with Crippen molar-refractivity contribution < 1.29 is 9.84 Å². The first-order valence-electron chi connectivity index (χ1n) is 6.65. The molecule has 1 atom stereocenters. The molecule has 1 aromatic carbocycles. The van der Waals surface area contributed by atoms with Crippen molar-refractivity contribution in [2.45, 2.75) is 12.5 Å². The summed E-state index contributed by atoms with van der Waals surface area (Å²) < 4.78 is 5.65. The number of nitrogens with two attached hydrogens (primary N) is 1. The van der Waals surface area contributed by atoms with Crippen LogP contribution in [0, 0.1) is 0 Å². The van der Waals surface area contributed by atoms with Crippen LogP contribution < -0.4 is 10.5 Å². The van der Waals surface area contributed by atoms with Crippen LogP contribution in [-0.2, 0) is 5.60 Å². The number of halogens is 1. The molecule has 0 saturated heterocycles. The largest absolute Gasteiger partial charge is 0.437 e. The Bertz CT molecular complexity index is 824. The summed E-state index contributed by atoms with van der Waals surface area (Å²) in [6.07, 6.45) is 3.02. The summed E-state index contributed by atoms with van der Waals surface area (Å²) in [5, 5.41) is 13.4. The molecule has 0 amide bonds. The average Bonchev–Trinajstić information content (AvgIpc) is 3.06. The van der Waals surface area contributed by atoms with Gasteiger partial charge in [0.25, 0.3) is 0 Å². The van der Waals surface area contributed by atoms with E-state index in [1.807, 2.05) is 5.38 Å². The maximum absolute atomic E-state index is 10.8. The van der Waals surface area contributed by atoms with Gasteiger partial charge in [-0.3, -0.25) is 0 Å². The van der Waals surface area contributed by atoms with Crippen LogP contribution in [0.4, 0.5) is 5.95 Å². The minimum atomic E-state index is -1.22. The van der Waals surface area contributed by atoms with E-state index in [-0.39, 0.29) is 16.9 Å². The summed E-state index contributed by atoms with van der Waals surface area (Å²) in [5.74, 6) is 0.694. The fourth-order valence-corrected chi connectivity index (χ4v) is 2.85. The minimum absolute atomic E-state index is 0.0651. The van der Waals surface area contributed by atoms with Gasteiger partial charge in [-0.15, -0.1) is 11.3 Å². The summed E-state index contributed by atoms with van der Waals surface area (Å²) in [6, 6.07) is 7.00. The molecule has 0 aliphatic heterocycles. The number of rotatable bonds is 4. The summed E-state index contributed by atoms with van der Waals surface area (Å²) >= 11 is 7.37. The molecule has 3 rings (SSSR count). The second-order valence-corrected chi connectivity index (χ2v) is 6.22. The van der Waals surface area contributed by atoms with Crippen molar-refractivity contribution in [2.24, 2.45) is 0 Å². The Morgan fingerprint density at radius 2 is 2.17 bits per heavy atom. The first-order valence-corrected chi connectivity index (χ1v) is 7.91. The van der Waals surface area contributed by atoms with Gasteiger partial charge < -0.3 is 15.6 Å². The van der Waals surface area contributed by atoms with Crippen molar-refractivity contribution in [3.8, 4) is 11.6 Å². The molecule has 118 valence electrons. The molecular formula is C15H13ClN4O2S. The molecule has 8 heteroatoms. The van der Waals surface area contributed by atoms with Gasteiger partial charge in [0.1, 0.15) is 21.4 Å². The third kappa shape index (κ3) is 3.26. The van der Waals surface area contributed by atoms with Crippen LogP contribution in [0.5, 0.6) is 11.6 Å². The molecule has 0 aliphatic rings. The maximum Gasteiger partial charge on any atom is 0.243 e. The molecule has 3 aromatic rings. The van der Waals surface area contributed by atoms with Gasteiger partial charge in [-0.05, 0) is 24.6 Å². The number of aromatic nitrogens is 3. The monoisotopic (exact) mass is 348 g/mol. The predicted octanol–water partition coefficient (Wildman–Crippen LogP) is 3.22. The summed E-state index contributed by atoms with van der Waals surface area (Å²) in [7, 11) is 0. The van der Waals surface area contributed by atoms with Crippen LogP contribution in [0.3, 0.4) is 0 Å². The lowest BCUT2D eigenvalue weighted by atomic mass is 9.96. The van der Waals surface area contributed by atoms with Gasteiger partial charge in [0.15, 0.2) is 0 Å². The SMILES string of the molecule is CC(O)(c1cccc(Oc2nc(N)ncc2Cl)c1)c1nccs1. The lowest BCUT2D eigenvalue weighted by molar-refractivity contribution is 0.102. The molecule has 0 saturated carbocycles. The number of hydrogen-bond donors (Lipinski definition) is 2. The predicted molar refractivity (Wildman–Crippen MR) is 88.8 cm³/mol. The molecule has 0 spiro atoms. The number of nitrogens with zero attached hydrogens (tertiary/aromatic N) is 3. The second-order valence-electron chi connectivity index (χ2n) is 4.92. The Hall–Kier alpha value is -2.22. The van der Waals surface area contributed by atoms with Crippen molar-refractivity contribution in [1.29, 1.82) is 0 Å². The molecular weight excluding hydrogens is 336 g/mol. The Balaban J connectivity index is 1.93. The number of thiazole rings is 1. The summed E-state index contributed by atoms with van der Waals surface area (Å²) in [6.45, 7) is 1.68. The third-order valence-corrected chi connectivity index (χ3v) is 4.43. The van der Waals surface area contributed by atoms with Crippen LogP contribution in [0.2, 0.25) is 5.02 Å². The first-order chi connectivity index (χ1) is 11.0. The van der Waals surface area contributed by atoms with Crippen molar-refractivity contribution >= 4 is 28.9 Å². The van der Waals surface area contributed by atoms with E-state index in [4.69, 9.17) is 22.1 Å². The molecule has 23 heavy (non-hydrogen) atoms. The second kappa shape index (κ2) is 6.11. The summed E-state index contributed by atoms with van der Waals surface area (Å²) in [4.78, 5) is 11.9. The van der Waals surface area contributed by atoms with Crippen LogP contribution in [0.25, 0.3) is 0 Å². The average molecular weight is 349 g/mol. The van der Waals surface area contributed by atoms with E-state index in [9.17, 15) is 5.11 Å². The zero-order valence-corrected chi connectivity index (χ0v) is 13.7. The van der Waals surface area contributed by atoms with Gasteiger partial charge in [0, 0.05) is 11.6 Å². The standard InChI is InChI=1S/C15H13ClN4O2S/c1-15(21,13-18-5-6-23-13)9-3-2-4-10(7-9)22-12-11(16)8-19-14(17)20-12/h2-8,21H,1H3,(H2,17,19,20). The number of hydrogen-bond acceptors (Lipinski definition) is 7. The van der Waals surface area contributed by atoms with E-state index >= 15 is 0 Å². The Morgan fingerprint density at radius 1 is 1.35 bits per heavy atom. The number of nitrogen functional groups attached to an aromatic ring is 1. The zero-order valence-electron chi connectivity index (χ0n) is 12.1. The number of benzene rings is 1. The van der Waals surface area contributed by atoms with Gasteiger partial charge in [0.05, 0.1) is 6.20 Å². The quantitative estimate of drug-likeness (QED) is 0.751. The minimum Gasteiger partial charge on any atom is -0.437 e. The number of ether oxygens (including phenoxy) is 1. The first kappa shape index (κ1) is 15.7. The topological polar surface area (TPSA) is 94.2 Å². The molecule has 2 heterocycles. The van der Waals surface area contributed by atoms with Crippen molar-refractivity contribution in [1.82, 2.24) is 15.0 Å². The maximum atomic E-state index is 10.8. The van der Waals surface area contributed by atoms with Crippen molar-refractivity contribution in [2.75, 3.05) is 5.73 Å². The van der Waals surface area contributed by atoms with Crippen LogP contribution in [0.15, 0.2) is 42.0 Å². The lowest BCUT2D eigenvalue weighted by Crippen LogP contribution is -2.22. The highest BCUT2D eigenvalue weighted by Gasteiger charge is 2.28. The van der Waals surface area contributed by atoms with Crippen molar-refractivity contribution in [3.63, 3.8) is 0 Å². The molecule has 1 unspecified atom stereocenters. The lowest BCUT2D eigenvalue weighted by Gasteiger charge is -2.21. The number of aliphatic hydroxyl groups is 1. The van der Waals surface area contributed by atoms with Gasteiger partial charge in [-0.1, -0.05) is 23.7 Å². The third-order valence-electron chi connectivity index (χ3n) is 3.19. The molecule has 3 N–H and O–H groups in total. The molecule has 0 fully saturated rings. The van der Waals surface area contributed by atoms with Crippen molar-refractivity contribution in [3.05, 3.63) is 57.6 Å². The highest BCUT2D eigenvalue weighted by Crippen LogP contribution is 2.34. The Labute approximate surface area is 141 Å². The fraction of sp³-hybridized carbons (Fsp3) is 0.133. The normalized spacial score (nSPS) is 13.5. The Morgan fingerprint density at radius 3 is 2.91 bits per heavy atom. The van der Waals surface area contributed by atoms with E-state index in [1.165, 1.54) is 17.5 Å². The number of anilines is 1. The van der Waals surface area contributed by atoms with Gasteiger partial charge in [0.2, 0.25) is 11.8 Å². The highest BCUT2D eigenvalue weighted by atomic mass is 35.5. The fourth-order valence-electron chi connectivity index (χ4n) is 2.00. The summed E-state index contributed by atoms with van der Waals surface area (Å²) in [5.41, 5.74) is 4.96.